The van der Waals surface area contributed by atoms with Gasteiger partial charge in [0.1, 0.15) is 0 Å². The number of nitrogens with one attached hydrogen (secondary N) is 1. The van der Waals surface area contributed by atoms with Gasteiger partial charge < -0.3 is 15.3 Å². The standard InChI is InChI=1S/C17H28N2O/c1-19(15-9-4-2-5-10-15)14-8-13-18-16-11-6-3-7-12-17(16)20/h2,4-5,9-10,16-18,20H,3,6-8,11-14H2,1H3. The molecule has 2 atom stereocenters. The second-order valence-electron chi connectivity index (χ2n) is 5.88. The normalized spacial score (nSPS) is 23.3. The molecule has 0 amide bonds. The second-order valence-corrected chi connectivity index (χ2v) is 5.88. The van der Waals surface area contributed by atoms with E-state index in [0.717, 1.165) is 32.4 Å². The summed E-state index contributed by atoms with van der Waals surface area (Å²) in [6.45, 7) is 2.03. The number of benzene rings is 1. The molecule has 0 aromatic heterocycles. The van der Waals surface area contributed by atoms with Gasteiger partial charge in [0.2, 0.25) is 0 Å². The maximum atomic E-state index is 10.1. The van der Waals surface area contributed by atoms with E-state index in [1.165, 1.54) is 24.9 Å². The van der Waals surface area contributed by atoms with Crippen LogP contribution in [-0.2, 0) is 0 Å². The van der Waals surface area contributed by atoms with E-state index in [1.54, 1.807) is 0 Å². The molecule has 1 aliphatic rings. The molecule has 1 aliphatic carbocycles. The van der Waals surface area contributed by atoms with Crippen molar-refractivity contribution in [2.45, 2.75) is 50.7 Å². The summed E-state index contributed by atoms with van der Waals surface area (Å²) < 4.78 is 0. The third kappa shape index (κ3) is 4.80. The van der Waals surface area contributed by atoms with Crippen LogP contribution in [0.3, 0.4) is 0 Å². The van der Waals surface area contributed by atoms with Gasteiger partial charge >= 0.3 is 0 Å². The van der Waals surface area contributed by atoms with Crippen LogP contribution in [0.4, 0.5) is 5.69 Å². The van der Waals surface area contributed by atoms with E-state index in [2.05, 4.69) is 41.5 Å². The molecular formula is C17H28N2O. The molecule has 1 fully saturated rings. The highest BCUT2D eigenvalue weighted by Crippen LogP contribution is 2.18. The molecule has 0 spiro atoms. The summed E-state index contributed by atoms with van der Waals surface area (Å²) in [6.07, 6.45) is 6.73. The van der Waals surface area contributed by atoms with Gasteiger partial charge in [-0.25, -0.2) is 0 Å². The van der Waals surface area contributed by atoms with E-state index in [0.29, 0.717) is 6.04 Å². The fourth-order valence-electron chi connectivity index (χ4n) is 2.94. The number of hydrogen-bond acceptors (Lipinski definition) is 3. The Labute approximate surface area is 123 Å². The number of nitrogens with zero attached hydrogens (tertiary/aromatic N) is 1. The number of aliphatic hydroxyl groups excluding tert-OH is 1. The Morgan fingerprint density at radius 3 is 2.70 bits per heavy atom. The predicted molar refractivity (Wildman–Crippen MR) is 85.2 cm³/mol. The lowest BCUT2D eigenvalue weighted by Gasteiger charge is -2.23. The van der Waals surface area contributed by atoms with Crippen molar-refractivity contribution in [3.8, 4) is 0 Å². The largest absolute Gasteiger partial charge is 0.392 e. The predicted octanol–water partition coefficient (Wildman–Crippen LogP) is 2.80. The van der Waals surface area contributed by atoms with Crippen molar-refractivity contribution in [2.24, 2.45) is 0 Å². The number of anilines is 1. The van der Waals surface area contributed by atoms with E-state index < -0.39 is 0 Å². The highest BCUT2D eigenvalue weighted by molar-refractivity contribution is 5.44. The maximum Gasteiger partial charge on any atom is 0.0693 e. The van der Waals surface area contributed by atoms with E-state index in [1.807, 2.05) is 6.07 Å². The van der Waals surface area contributed by atoms with Gasteiger partial charge in [-0.15, -0.1) is 0 Å². The molecular weight excluding hydrogens is 248 g/mol. The summed E-state index contributed by atoms with van der Waals surface area (Å²) in [6, 6.07) is 10.8. The molecule has 1 saturated carbocycles. The van der Waals surface area contributed by atoms with Crippen molar-refractivity contribution in [1.29, 1.82) is 0 Å². The van der Waals surface area contributed by atoms with Crippen LogP contribution in [0.5, 0.6) is 0 Å². The second kappa shape index (κ2) is 8.28. The summed E-state index contributed by atoms with van der Waals surface area (Å²) in [5.74, 6) is 0. The van der Waals surface area contributed by atoms with Crippen LogP contribution >= 0.6 is 0 Å². The highest BCUT2D eigenvalue weighted by atomic mass is 16.3. The van der Waals surface area contributed by atoms with Crippen molar-refractivity contribution in [3.05, 3.63) is 30.3 Å². The summed E-state index contributed by atoms with van der Waals surface area (Å²) >= 11 is 0. The summed E-state index contributed by atoms with van der Waals surface area (Å²) in [5.41, 5.74) is 1.27. The zero-order chi connectivity index (χ0) is 14.2. The lowest BCUT2D eigenvalue weighted by molar-refractivity contribution is 0.120. The monoisotopic (exact) mass is 276 g/mol. The molecule has 20 heavy (non-hydrogen) atoms. The zero-order valence-electron chi connectivity index (χ0n) is 12.6. The molecule has 3 heteroatoms. The van der Waals surface area contributed by atoms with E-state index in [-0.39, 0.29) is 6.10 Å². The quantitative estimate of drug-likeness (QED) is 0.619. The van der Waals surface area contributed by atoms with Gasteiger partial charge in [-0.1, -0.05) is 37.5 Å². The van der Waals surface area contributed by atoms with Crippen LogP contribution in [0.15, 0.2) is 30.3 Å². The lowest BCUT2D eigenvalue weighted by atomic mass is 10.1. The molecule has 1 aromatic rings. The third-order valence-electron chi connectivity index (χ3n) is 4.25. The van der Waals surface area contributed by atoms with Crippen LogP contribution in [0.1, 0.15) is 38.5 Å². The molecule has 0 heterocycles. The fourth-order valence-corrected chi connectivity index (χ4v) is 2.94. The summed E-state index contributed by atoms with van der Waals surface area (Å²) in [7, 11) is 2.13. The maximum absolute atomic E-state index is 10.1. The van der Waals surface area contributed by atoms with Crippen LogP contribution in [-0.4, -0.2) is 37.4 Å². The van der Waals surface area contributed by atoms with E-state index in [4.69, 9.17) is 0 Å². The van der Waals surface area contributed by atoms with Gasteiger partial charge in [-0.2, -0.15) is 0 Å². The van der Waals surface area contributed by atoms with Gasteiger partial charge in [0.05, 0.1) is 6.10 Å². The van der Waals surface area contributed by atoms with Gasteiger partial charge in [0.25, 0.3) is 0 Å². The van der Waals surface area contributed by atoms with Gasteiger partial charge in [0.15, 0.2) is 0 Å². The smallest absolute Gasteiger partial charge is 0.0693 e. The summed E-state index contributed by atoms with van der Waals surface area (Å²) in [4.78, 5) is 2.28. The molecule has 0 saturated heterocycles. The average molecular weight is 276 g/mol. The fraction of sp³-hybridized carbons (Fsp3) is 0.647. The van der Waals surface area contributed by atoms with Crippen LogP contribution in [0.2, 0.25) is 0 Å². The molecule has 1 aromatic carbocycles. The SMILES string of the molecule is CN(CCCNC1CCCCCC1O)c1ccccc1. The minimum Gasteiger partial charge on any atom is -0.392 e. The minimum atomic E-state index is -0.149. The van der Waals surface area contributed by atoms with Crippen molar-refractivity contribution >= 4 is 5.69 Å². The Hall–Kier alpha value is -1.06. The first-order valence-corrected chi connectivity index (χ1v) is 7.95. The van der Waals surface area contributed by atoms with Gasteiger partial charge in [0, 0.05) is 25.3 Å². The first-order chi connectivity index (χ1) is 9.77. The Bertz CT molecular complexity index is 369. The van der Waals surface area contributed by atoms with Crippen molar-refractivity contribution in [3.63, 3.8) is 0 Å². The zero-order valence-corrected chi connectivity index (χ0v) is 12.6. The molecule has 0 radical (unpaired) electrons. The minimum absolute atomic E-state index is 0.149. The molecule has 2 rings (SSSR count). The average Bonchev–Trinajstić information content (AvgIpc) is 2.69. The number of aliphatic hydroxyl groups is 1. The summed E-state index contributed by atoms with van der Waals surface area (Å²) in [5, 5.41) is 13.6. The molecule has 112 valence electrons. The van der Waals surface area contributed by atoms with E-state index in [9.17, 15) is 5.11 Å². The van der Waals surface area contributed by atoms with Crippen molar-refractivity contribution in [1.82, 2.24) is 5.32 Å². The van der Waals surface area contributed by atoms with Crippen LogP contribution in [0, 0.1) is 0 Å². The molecule has 3 nitrogen and oxygen atoms in total. The van der Waals surface area contributed by atoms with E-state index >= 15 is 0 Å². The number of para-hydroxylation sites is 1. The molecule has 2 N–H and O–H groups in total. The molecule has 2 unspecified atom stereocenters. The van der Waals surface area contributed by atoms with Gasteiger partial charge in [-0.3, -0.25) is 0 Å². The first kappa shape index (κ1) is 15.3. The van der Waals surface area contributed by atoms with Crippen molar-refractivity contribution in [2.75, 3.05) is 25.0 Å². The topological polar surface area (TPSA) is 35.5 Å². The molecule has 0 aliphatic heterocycles. The Morgan fingerprint density at radius 1 is 1.15 bits per heavy atom. The highest BCUT2D eigenvalue weighted by Gasteiger charge is 2.20. The number of rotatable bonds is 6. The van der Waals surface area contributed by atoms with Gasteiger partial charge in [-0.05, 0) is 37.9 Å². The third-order valence-corrected chi connectivity index (χ3v) is 4.25. The number of hydrogen-bond donors (Lipinski definition) is 2. The first-order valence-electron chi connectivity index (χ1n) is 7.95. The Morgan fingerprint density at radius 2 is 1.90 bits per heavy atom. The lowest BCUT2D eigenvalue weighted by Crippen LogP contribution is -2.40. The van der Waals surface area contributed by atoms with Crippen LogP contribution in [0.25, 0.3) is 0 Å². The van der Waals surface area contributed by atoms with Crippen LogP contribution < -0.4 is 10.2 Å². The Kier molecular flexibility index (Phi) is 6.34. The van der Waals surface area contributed by atoms with Crippen molar-refractivity contribution < 1.29 is 5.11 Å². The molecule has 0 bridgehead atoms. The Balaban J connectivity index is 1.65.